The lowest BCUT2D eigenvalue weighted by Crippen LogP contribution is -2.38. The Bertz CT molecular complexity index is 520. The molecule has 0 radical (unpaired) electrons. The molecule has 0 fully saturated rings. The van der Waals surface area contributed by atoms with Crippen molar-refractivity contribution in [2.45, 2.75) is 26.2 Å². The Morgan fingerprint density at radius 2 is 2.24 bits per heavy atom. The molecule has 0 bridgehead atoms. The molecule has 2 N–H and O–H groups in total. The average molecular weight is 305 g/mol. The van der Waals surface area contributed by atoms with E-state index in [-0.39, 0.29) is 0 Å². The Balaban J connectivity index is 1.81. The molecule has 0 saturated heterocycles. The minimum atomic E-state index is 0.450. The maximum atomic E-state index is 5.32. The summed E-state index contributed by atoms with van der Waals surface area (Å²) in [4.78, 5) is 6.04. The zero-order valence-corrected chi connectivity index (χ0v) is 13.5. The number of hydrogen-bond donors (Lipinski definition) is 2. The van der Waals surface area contributed by atoms with Crippen molar-refractivity contribution in [1.82, 2.24) is 10.6 Å². The lowest BCUT2D eigenvalue weighted by molar-refractivity contribution is 0.507. The van der Waals surface area contributed by atoms with Gasteiger partial charge >= 0.3 is 0 Å². The quantitative estimate of drug-likeness (QED) is 0.610. The number of furan rings is 1. The van der Waals surface area contributed by atoms with Gasteiger partial charge in [-0.15, -0.1) is 11.3 Å². The van der Waals surface area contributed by atoms with Crippen molar-refractivity contribution in [2.75, 3.05) is 19.6 Å². The number of rotatable bonds is 7. The zero-order chi connectivity index (χ0) is 14.9. The van der Waals surface area contributed by atoms with E-state index in [9.17, 15) is 0 Å². The third-order valence-corrected chi connectivity index (χ3v) is 4.24. The Hall–Kier alpha value is -1.75. The minimum absolute atomic E-state index is 0.450. The second-order valence-electron chi connectivity index (χ2n) is 4.89. The van der Waals surface area contributed by atoms with Gasteiger partial charge in [0.15, 0.2) is 5.96 Å². The number of nitrogens with one attached hydrogen (secondary N) is 2. The third-order valence-electron chi connectivity index (χ3n) is 3.14. The number of aliphatic imine (C=N–C) groups is 1. The van der Waals surface area contributed by atoms with Crippen molar-refractivity contribution in [1.29, 1.82) is 0 Å². The first kappa shape index (κ1) is 15.6. The summed E-state index contributed by atoms with van der Waals surface area (Å²) in [6.45, 7) is 6.75. The van der Waals surface area contributed by atoms with E-state index in [4.69, 9.17) is 4.42 Å². The van der Waals surface area contributed by atoms with Crippen molar-refractivity contribution in [3.8, 4) is 0 Å². The molecular formula is C16H23N3OS. The zero-order valence-electron chi connectivity index (χ0n) is 12.6. The van der Waals surface area contributed by atoms with Crippen LogP contribution in [0.25, 0.3) is 0 Å². The molecule has 0 saturated carbocycles. The first-order valence-electron chi connectivity index (χ1n) is 7.37. The van der Waals surface area contributed by atoms with Crippen LogP contribution in [0, 0.1) is 0 Å². The predicted molar refractivity (Wildman–Crippen MR) is 89.1 cm³/mol. The molecule has 5 heteroatoms. The van der Waals surface area contributed by atoms with Crippen LogP contribution >= 0.6 is 11.3 Å². The van der Waals surface area contributed by atoms with Gasteiger partial charge < -0.3 is 15.1 Å². The molecule has 4 nitrogen and oxygen atoms in total. The summed E-state index contributed by atoms with van der Waals surface area (Å²) in [5.74, 6) is 2.31. The second kappa shape index (κ2) is 8.52. The maximum absolute atomic E-state index is 5.32. The van der Waals surface area contributed by atoms with Crippen LogP contribution in [0.15, 0.2) is 45.3 Å². The molecule has 2 aromatic heterocycles. The van der Waals surface area contributed by atoms with E-state index < -0.39 is 0 Å². The maximum Gasteiger partial charge on any atom is 0.191 e. The van der Waals surface area contributed by atoms with Crippen LogP contribution in [-0.2, 0) is 6.42 Å². The van der Waals surface area contributed by atoms with E-state index in [2.05, 4.69) is 47.0 Å². The van der Waals surface area contributed by atoms with Gasteiger partial charge in [0.1, 0.15) is 5.76 Å². The normalized spacial score (nSPS) is 13.1. The summed E-state index contributed by atoms with van der Waals surface area (Å²) >= 11 is 1.79. The number of guanidine groups is 1. The molecule has 0 aromatic carbocycles. The molecule has 2 aromatic rings. The molecule has 0 aliphatic heterocycles. The summed E-state index contributed by atoms with van der Waals surface area (Å²) in [7, 11) is 0. The molecule has 1 unspecified atom stereocenters. The van der Waals surface area contributed by atoms with Gasteiger partial charge in [-0.1, -0.05) is 13.0 Å². The molecule has 114 valence electrons. The van der Waals surface area contributed by atoms with Gasteiger partial charge in [-0.3, -0.25) is 4.99 Å². The highest BCUT2D eigenvalue weighted by Crippen LogP contribution is 2.20. The standard InChI is InChI=1S/C16H23N3OS/c1-3-17-16(18-9-8-14-6-4-10-20-14)19-12-13(2)15-7-5-11-21-15/h4-7,10-11,13H,3,8-9,12H2,1-2H3,(H2,17,18,19). The Kier molecular flexibility index (Phi) is 6.34. The summed E-state index contributed by atoms with van der Waals surface area (Å²) in [6, 6.07) is 8.16. The molecular weight excluding hydrogens is 282 g/mol. The molecule has 0 amide bonds. The lowest BCUT2D eigenvalue weighted by atomic mass is 10.1. The monoisotopic (exact) mass is 305 g/mol. The Morgan fingerprint density at radius 3 is 2.90 bits per heavy atom. The van der Waals surface area contributed by atoms with E-state index in [0.29, 0.717) is 5.92 Å². The molecule has 2 rings (SSSR count). The highest BCUT2D eigenvalue weighted by atomic mass is 32.1. The van der Waals surface area contributed by atoms with Crippen molar-refractivity contribution in [3.63, 3.8) is 0 Å². The third kappa shape index (κ3) is 5.27. The Morgan fingerprint density at radius 1 is 1.33 bits per heavy atom. The summed E-state index contributed by atoms with van der Waals surface area (Å²) in [5, 5.41) is 8.73. The average Bonchev–Trinajstić information content (AvgIpc) is 3.17. The molecule has 0 aliphatic rings. The minimum Gasteiger partial charge on any atom is -0.469 e. The van der Waals surface area contributed by atoms with Crippen LogP contribution in [0.1, 0.15) is 30.4 Å². The number of hydrogen-bond acceptors (Lipinski definition) is 3. The lowest BCUT2D eigenvalue weighted by Gasteiger charge is -2.12. The van der Waals surface area contributed by atoms with Crippen LogP contribution in [-0.4, -0.2) is 25.6 Å². The highest BCUT2D eigenvalue weighted by Gasteiger charge is 2.06. The van der Waals surface area contributed by atoms with E-state index in [1.54, 1.807) is 17.6 Å². The van der Waals surface area contributed by atoms with Gasteiger partial charge in [0.05, 0.1) is 12.8 Å². The molecule has 0 spiro atoms. The smallest absolute Gasteiger partial charge is 0.191 e. The van der Waals surface area contributed by atoms with Gasteiger partial charge in [0.2, 0.25) is 0 Å². The van der Waals surface area contributed by atoms with Crippen molar-refractivity contribution in [2.24, 2.45) is 4.99 Å². The molecule has 21 heavy (non-hydrogen) atoms. The van der Waals surface area contributed by atoms with E-state index >= 15 is 0 Å². The topological polar surface area (TPSA) is 49.6 Å². The largest absolute Gasteiger partial charge is 0.469 e. The fourth-order valence-corrected chi connectivity index (χ4v) is 2.77. The van der Waals surface area contributed by atoms with E-state index in [1.165, 1.54) is 4.88 Å². The van der Waals surface area contributed by atoms with Crippen LogP contribution in [0.4, 0.5) is 0 Å². The van der Waals surface area contributed by atoms with E-state index in [0.717, 1.165) is 37.8 Å². The van der Waals surface area contributed by atoms with Gasteiger partial charge in [-0.05, 0) is 30.5 Å². The first-order chi connectivity index (χ1) is 10.3. The Labute approximate surface area is 130 Å². The van der Waals surface area contributed by atoms with Gasteiger partial charge in [0, 0.05) is 30.3 Å². The van der Waals surface area contributed by atoms with Crippen LogP contribution < -0.4 is 10.6 Å². The van der Waals surface area contributed by atoms with Crippen molar-refractivity contribution in [3.05, 3.63) is 46.5 Å². The van der Waals surface area contributed by atoms with E-state index in [1.807, 2.05) is 12.1 Å². The second-order valence-corrected chi connectivity index (χ2v) is 5.87. The summed E-state index contributed by atoms with van der Waals surface area (Å²) in [5.41, 5.74) is 0. The molecule has 0 aliphatic carbocycles. The number of nitrogens with zero attached hydrogens (tertiary/aromatic N) is 1. The van der Waals surface area contributed by atoms with Gasteiger partial charge in [-0.25, -0.2) is 0 Å². The summed E-state index contributed by atoms with van der Waals surface area (Å²) in [6.07, 6.45) is 2.56. The molecule has 2 heterocycles. The van der Waals surface area contributed by atoms with Crippen molar-refractivity contribution < 1.29 is 4.42 Å². The van der Waals surface area contributed by atoms with Crippen LogP contribution in [0.3, 0.4) is 0 Å². The number of thiophene rings is 1. The van der Waals surface area contributed by atoms with Crippen LogP contribution in [0.2, 0.25) is 0 Å². The molecule has 1 atom stereocenters. The van der Waals surface area contributed by atoms with Crippen molar-refractivity contribution >= 4 is 17.3 Å². The summed E-state index contributed by atoms with van der Waals surface area (Å²) < 4.78 is 5.32. The van der Waals surface area contributed by atoms with Crippen LogP contribution in [0.5, 0.6) is 0 Å². The van der Waals surface area contributed by atoms with Gasteiger partial charge in [-0.2, -0.15) is 0 Å². The highest BCUT2D eigenvalue weighted by molar-refractivity contribution is 7.10. The predicted octanol–water partition coefficient (Wildman–Crippen LogP) is 3.24. The fourth-order valence-electron chi connectivity index (χ4n) is 1.99. The van der Waals surface area contributed by atoms with Gasteiger partial charge in [0.25, 0.3) is 0 Å². The fraction of sp³-hybridized carbons (Fsp3) is 0.438. The SMILES string of the molecule is CCNC(=NCC(C)c1cccs1)NCCc1ccco1. The first-order valence-corrected chi connectivity index (χ1v) is 8.25.